The van der Waals surface area contributed by atoms with Gasteiger partial charge in [-0.1, -0.05) is 6.07 Å². The maximum atomic E-state index is 13.0. The topological polar surface area (TPSA) is 110 Å². The number of benzene rings is 1. The molecule has 156 valence electrons. The molecule has 3 aromatic rings. The van der Waals surface area contributed by atoms with E-state index in [9.17, 15) is 14.8 Å². The van der Waals surface area contributed by atoms with Crippen LogP contribution in [0.15, 0.2) is 30.6 Å². The van der Waals surface area contributed by atoms with E-state index in [-0.39, 0.29) is 5.82 Å². The van der Waals surface area contributed by atoms with Crippen molar-refractivity contribution in [1.29, 1.82) is 0 Å². The van der Waals surface area contributed by atoms with Crippen LogP contribution in [0, 0.1) is 25.0 Å². The smallest absolute Gasteiger partial charge is 0.324 e. The Morgan fingerprint density at radius 1 is 1.10 bits per heavy atom. The second-order valence-corrected chi connectivity index (χ2v) is 7.88. The summed E-state index contributed by atoms with van der Waals surface area (Å²) in [5.41, 5.74) is 3.01. The van der Waals surface area contributed by atoms with Gasteiger partial charge in [0.25, 0.3) is 11.6 Å². The zero-order valence-electron chi connectivity index (χ0n) is 17.4. The number of rotatable bonds is 3. The summed E-state index contributed by atoms with van der Waals surface area (Å²) >= 11 is 0. The standard InChI is InChI=1S/C21H22N4O5/c1-11-12(2)25(28)18(24(11)5)16(17-19(26)29-21(3,4)30-20(17)27)13-6-7-14-15(10-13)23-9-8-22-14/h6-10,16-17H,1-5H3/t16-/m0/s1. The normalized spacial score (nSPS) is 17.6. The van der Waals surface area contributed by atoms with Gasteiger partial charge in [0.1, 0.15) is 17.3 Å². The molecule has 0 amide bonds. The highest BCUT2D eigenvalue weighted by Crippen LogP contribution is 2.38. The molecule has 0 radical (unpaired) electrons. The Balaban J connectivity index is 1.95. The van der Waals surface area contributed by atoms with Crippen LogP contribution in [0.2, 0.25) is 0 Å². The Morgan fingerprint density at radius 3 is 2.27 bits per heavy atom. The molecule has 1 saturated heterocycles. The number of aromatic nitrogens is 4. The van der Waals surface area contributed by atoms with Gasteiger partial charge in [0.05, 0.1) is 18.1 Å². The van der Waals surface area contributed by atoms with E-state index in [1.165, 1.54) is 13.8 Å². The van der Waals surface area contributed by atoms with Crippen LogP contribution in [-0.2, 0) is 26.1 Å². The van der Waals surface area contributed by atoms with E-state index < -0.39 is 29.6 Å². The van der Waals surface area contributed by atoms with Gasteiger partial charge in [-0.15, -0.1) is 0 Å². The minimum atomic E-state index is -1.36. The van der Waals surface area contributed by atoms with Crippen molar-refractivity contribution in [1.82, 2.24) is 14.5 Å². The zero-order chi connectivity index (χ0) is 21.8. The van der Waals surface area contributed by atoms with E-state index in [1.807, 2.05) is 0 Å². The van der Waals surface area contributed by atoms with Gasteiger partial charge >= 0.3 is 11.9 Å². The first-order valence-electron chi connectivity index (χ1n) is 9.52. The van der Waals surface area contributed by atoms with E-state index >= 15 is 0 Å². The van der Waals surface area contributed by atoms with E-state index in [4.69, 9.17) is 9.47 Å². The number of imidazole rings is 1. The van der Waals surface area contributed by atoms with Crippen molar-refractivity contribution in [3.63, 3.8) is 0 Å². The van der Waals surface area contributed by atoms with Crippen molar-refractivity contribution in [3.8, 4) is 0 Å². The molecule has 0 spiro atoms. The summed E-state index contributed by atoms with van der Waals surface area (Å²) in [4.78, 5) is 34.4. The minimum absolute atomic E-state index is 0.242. The number of ether oxygens (including phenoxy) is 2. The Hall–Kier alpha value is -3.49. The number of esters is 2. The molecule has 0 N–H and O–H groups in total. The first kappa shape index (κ1) is 19.8. The van der Waals surface area contributed by atoms with Crippen LogP contribution in [0.3, 0.4) is 0 Å². The van der Waals surface area contributed by atoms with Crippen LogP contribution in [0.25, 0.3) is 11.0 Å². The molecule has 30 heavy (non-hydrogen) atoms. The number of fused-ring (bicyclic) bond motifs is 1. The molecule has 9 heteroatoms. The van der Waals surface area contributed by atoms with E-state index in [2.05, 4.69) is 9.97 Å². The number of hydrogen-bond donors (Lipinski definition) is 0. The summed E-state index contributed by atoms with van der Waals surface area (Å²) in [7, 11) is 1.73. The number of nitrogens with zero attached hydrogens (tertiary/aromatic N) is 4. The predicted octanol–water partition coefficient (Wildman–Crippen LogP) is 1.80. The van der Waals surface area contributed by atoms with Gasteiger partial charge in [0.2, 0.25) is 0 Å². The first-order valence-corrected chi connectivity index (χ1v) is 9.52. The van der Waals surface area contributed by atoms with Crippen molar-refractivity contribution in [2.24, 2.45) is 13.0 Å². The molecule has 1 fully saturated rings. The minimum Gasteiger partial charge on any atom is -0.711 e. The zero-order valence-corrected chi connectivity index (χ0v) is 17.4. The summed E-state index contributed by atoms with van der Waals surface area (Å²) in [5.74, 6) is -4.86. The molecule has 1 atom stereocenters. The lowest BCUT2D eigenvalue weighted by molar-refractivity contribution is -0.621. The number of hydrogen-bond acceptors (Lipinski definition) is 7. The fourth-order valence-corrected chi connectivity index (χ4v) is 3.87. The Bertz CT molecular complexity index is 1140. The number of carbonyl (C=O) groups is 2. The average molecular weight is 410 g/mol. The average Bonchev–Trinajstić information content (AvgIpc) is 2.87. The van der Waals surface area contributed by atoms with Crippen LogP contribution in [0.4, 0.5) is 0 Å². The lowest BCUT2D eigenvalue weighted by atomic mass is 9.84. The largest absolute Gasteiger partial charge is 0.711 e. The van der Waals surface area contributed by atoms with Crippen LogP contribution in [-0.4, -0.2) is 32.3 Å². The highest BCUT2D eigenvalue weighted by Gasteiger charge is 2.51. The van der Waals surface area contributed by atoms with Crippen molar-refractivity contribution in [2.45, 2.75) is 39.4 Å². The third-order valence-electron chi connectivity index (χ3n) is 5.55. The molecule has 0 unspecified atom stereocenters. The summed E-state index contributed by atoms with van der Waals surface area (Å²) in [6, 6.07) is 5.20. The van der Waals surface area contributed by atoms with Crippen molar-refractivity contribution in [2.75, 3.05) is 0 Å². The Morgan fingerprint density at radius 2 is 1.70 bits per heavy atom. The molecule has 2 aromatic heterocycles. The summed E-state index contributed by atoms with van der Waals surface area (Å²) in [6.07, 6.45) is 3.13. The van der Waals surface area contributed by atoms with E-state index in [0.717, 1.165) is 10.4 Å². The molecule has 1 aromatic carbocycles. The fraction of sp³-hybridized carbons (Fsp3) is 0.381. The quantitative estimate of drug-likeness (QED) is 0.280. The molecule has 0 saturated carbocycles. The number of carbonyl (C=O) groups excluding carboxylic acids is 2. The highest BCUT2D eigenvalue weighted by molar-refractivity contribution is 5.98. The van der Waals surface area contributed by atoms with Crippen molar-refractivity contribution >= 4 is 23.0 Å². The third kappa shape index (κ3) is 3.06. The Kier molecular flexibility index (Phi) is 4.48. The van der Waals surface area contributed by atoms with Gasteiger partial charge < -0.3 is 14.7 Å². The van der Waals surface area contributed by atoms with Gasteiger partial charge in [0.15, 0.2) is 5.92 Å². The third-order valence-corrected chi connectivity index (χ3v) is 5.55. The van der Waals surface area contributed by atoms with Gasteiger partial charge in [0, 0.05) is 40.1 Å². The van der Waals surface area contributed by atoms with Crippen LogP contribution < -0.4 is 4.73 Å². The van der Waals surface area contributed by atoms with Gasteiger partial charge in [-0.2, -0.15) is 0 Å². The monoisotopic (exact) mass is 410 g/mol. The number of cyclic esters (lactones) is 2. The molecule has 3 heterocycles. The van der Waals surface area contributed by atoms with Gasteiger partial charge in [-0.05, 0) is 17.7 Å². The molecule has 4 rings (SSSR count). The molecule has 0 aliphatic carbocycles. The molecule has 0 bridgehead atoms. The van der Waals surface area contributed by atoms with Gasteiger partial charge in [-0.3, -0.25) is 19.6 Å². The van der Waals surface area contributed by atoms with Crippen LogP contribution in [0.5, 0.6) is 0 Å². The summed E-state index contributed by atoms with van der Waals surface area (Å²) in [6.45, 7) is 6.47. The molecule has 9 nitrogen and oxygen atoms in total. The van der Waals surface area contributed by atoms with Gasteiger partial charge in [-0.25, -0.2) is 9.30 Å². The Labute approximate surface area is 172 Å². The van der Waals surface area contributed by atoms with E-state index in [1.54, 1.807) is 56.1 Å². The maximum Gasteiger partial charge on any atom is 0.324 e. The lowest BCUT2D eigenvalue weighted by Crippen LogP contribution is -2.50. The molecule has 1 aliphatic rings. The highest BCUT2D eigenvalue weighted by atomic mass is 16.7. The fourth-order valence-electron chi connectivity index (χ4n) is 3.87. The molecular formula is C21H22N4O5. The molecular weight excluding hydrogens is 388 g/mol. The van der Waals surface area contributed by atoms with Crippen LogP contribution in [0.1, 0.15) is 42.5 Å². The first-order chi connectivity index (χ1) is 14.1. The second-order valence-electron chi connectivity index (χ2n) is 7.88. The van der Waals surface area contributed by atoms with Crippen LogP contribution >= 0.6 is 0 Å². The predicted molar refractivity (Wildman–Crippen MR) is 105 cm³/mol. The molecule has 1 aliphatic heterocycles. The second kappa shape index (κ2) is 6.79. The summed E-state index contributed by atoms with van der Waals surface area (Å²) < 4.78 is 13.1. The maximum absolute atomic E-state index is 13.0. The van der Waals surface area contributed by atoms with Crippen molar-refractivity contribution in [3.05, 3.63) is 58.6 Å². The SMILES string of the molecule is Cc1c(C)[n+]([O-])c([C@@H](c2ccc3nccnc3c2)C2C(=O)OC(C)(C)OC2=O)n1C. The van der Waals surface area contributed by atoms with E-state index in [0.29, 0.717) is 22.3 Å². The van der Waals surface area contributed by atoms with Crippen molar-refractivity contribution < 1.29 is 23.8 Å². The summed E-state index contributed by atoms with van der Waals surface area (Å²) in [5, 5.41) is 13.0. The lowest BCUT2D eigenvalue weighted by Gasteiger charge is -2.35.